The molecule has 4 heterocycles. The number of nitrogens with one attached hydrogen (secondary N) is 2. The van der Waals surface area contributed by atoms with Gasteiger partial charge in [0.05, 0.1) is 29.5 Å². The molecule has 5 amide bonds. The molecule has 19 nitrogen and oxygen atoms in total. The predicted octanol–water partition coefficient (Wildman–Crippen LogP) is 5.42. The number of amides is 5. The summed E-state index contributed by atoms with van der Waals surface area (Å²) in [5.41, 5.74) is 0.508. The maximum atomic E-state index is 14.5. The summed E-state index contributed by atoms with van der Waals surface area (Å²) in [5.74, 6) is -3.26. The van der Waals surface area contributed by atoms with E-state index in [9.17, 15) is 33.9 Å². The number of hydrogen-bond donors (Lipinski definition) is 3. The summed E-state index contributed by atoms with van der Waals surface area (Å²) in [5, 5.41) is 27.4. The minimum atomic E-state index is -1.23. The Kier molecular flexibility index (Phi) is 12.8. The zero-order valence-corrected chi connectivity index (χ0v) is 37.0. The van der Waals surface area contributed by atoms with Gasteiger partial charge in [0.15, 0.2) is 0 Å². The fraction of sp³-hybridized carbons (Fsp3) is 0.386. The van der Waals surface area contributed by atoms with Crippen LogP contribution in [-0.4, -0.2) is 125 Å². The van der Waals surface area contributed by atoms with Crippen LogP contribution in [-0.2, 0) is 30.3 Å². The smallest absolute Gasteiger partial charge is 0.419 e. The first kappa shape index (κ1) is 45.2. The van der Waals surface area contributed by atoms with Gasteiger partial charge in [0.1, 0.15) is 29.3 Å². The largest absolute Gasteiger partial charge is 0.455 e. The Morgan fingerprint density at radius 3 is 2.23 bits per heavy atom. The first-order valence-corrected chi connectivity index (χ1v) is 21.0. The van der Waals surface area contributed by atoms with Crippen molar-refractivity contribution in [3.63, 3.8) is 0 Å². The average Bonchev–Trinajstić information content (AvgIpc) is 4.01. The van der Waals surface area contributed by atoms with Gasteiger partial charge < -0.3 is 39.9 Å². The number of piperazine rings is 1. The van der Waals surface area contributed by atoms with Gasteiger partial charge in [0.2, 0.25) is 5.91 Å². The van der Waals surface area contributed by atoms with E-state index in [0.29, 0.717) is 45.8 Å². The van der Waals surface area contributed by atoms with Gasteiger partial charge >= 0.3 is 29.9 Å². The molecule has 2 saturated heterocycles. The lowest BCUT2D eigenvalue weighted by Gasteiger charge is -2.38. The van der Waals surface area contributed by atoms with Crippen molar-refractivity contribution in [2.45, 2.75) is 84.1 Å². The summed E-state index contributed by atoms with van der Waals surface area (Å²) in [7, 11) is 0. The minimum absolute atomic E-state index is 0.0162. The van der Waals surface area contributed by atoms with Crippen molar-refractivity contribution in [3.8, 4) is 5.69 Å². The molecule has 336 valence electrons. The van der Waals surface area contributed by atoms with E-state index in [0.717, 1.165) is 11.0 Å². The van der Waals surface area contributed by atoms with E-state index < -0.39 is 47.0 Å². The Hall–Kier alpha value is -6.86. The predicted molar refractivity (Wildman–Crippen MR) is 235 cm³/mol. The van der Waals surface area contributed by atoms with E-state index in [1.807, 2.05) is 0 Å². The second kappa shape index (κ2) is 18.1. The number of ether oxygens (including phenoxy) is 2. The van der Waals surface area contributed by atoms with E-state index in [2.05, 4.69) is 26.2 Å². The third-order valence-electron chi connectivity index (χ3n) is 10.5. The average molecular weight is 897 g/mol. The van der Waals surface area contributed by atoms with Crippen LogP contribution in [0.5, 0.6) is 0 Å². The Balaban J connectivity index is 1.19. The molecule has 7 rings (SSSR count). The molecular weight excluding hydrogens is 848 g/mol. The van der Waals surface area contributed by atoms with E-state index in [1.165, 1.54) is 32.9 Å². The van der Waals surface area contributed by atoms with Crippen LogP contribution in [0.1, 0.15) is 70.4 Å². The molecule has 2 aliphatic heterocycles. The number of aromatic nitrogens is 5. The Bertz CT molecular complexity index is 2600. The molecule has 0 unspecified atom stereocenters. The van der Waals surface area contributed by atoms with Gasteiger partial charge in [0.25, 0.3) is 0 Å². The lowest BCUT2D eigenvalue weighted by Crippen LogP contribution is -2.60. The van der Waals surface area contributed by atoms with E-state index in [-0.39, 0.29) is 55.3 Å². The van der Waals surface area contributed by atoms with Crippen molar-refractivity contribution < 1.29 is 43.3 Å². The first-order valence-electron chi connectivity index (χ1n) is 20.7. The molecule has 20 heteroatoms. The summed E-state index contributed by atoms with van der Waals surface area (Å²) < 4.78 is 13.7. The van der Waals surface area contributed by atoms with E-state index in [1.54, 1.807) is 101 Å². The summed E-state index contributed by atoms with van der Waals surface area (Å²) in [6, 6.07) is 15.8. The Morgan fingerprint density at radius 1 is 0.844 bits per heavy atom. The lowest BCUT2D eigenvalue weighted by molar-refractivity contribution is -0.149. The number of esters is 1. The Labute approximate surface area is 373 Å². The molecule has 2 aromatic heterocycles. The van der Waals surface area contributed by atoms with Gasteiger partial charge in [0, 0.05) is 47.8 Å². The fourth-order valence-electron chi connectivity index (χ4n) is 7.64. The van der Waals surface area contributed by atoms with Crippen molar-refractivity contribution in [3.05, 3.63) is 89.3 Å². The number of carbonyl (C=O) groups excluding carboxylic acids is 6. The number of likely N-dealkylation sites (tertiary alicyclic amines) is 1. The highest BCUT2D eigenvalue weighted by molar-refractivity contribution is 6.41. The molecule has 3 aromatic carbocycles. The molecule has 0 bridgehead atoms. The molecule has 2 atom stereocenters. The molecule has 3 N–H and O–H groups in total. The topological polar surface area (TPSA) is 223 Å². The molecular formula is C44H49ClN10O9. The number of aliphatic hydroxyl groups excluding tert-OH is 1. The SMILES string of the molecule is CC(C)(C)OC(=O)c1cc2cc(NC(=O)[C@H](Cc3ccc(NC(=O)N4CCC[C@H]4CO)cc3)N3CCN(c4cc(Cl)ccc4-n4cnnn4)C(=O)C3=O)ccc2n1C(=O)OC(C)(C)C. The van der Waals surface area contributed by atoms with Crippen LogP contribution in [0.3, 0.4) is 0 Å². The van der Waals surface area contributed by atoms with Crippen molar-refractivity contribution in [1.29, 1.82) is 0 Å². The lowest BCUT2D eigenvalue weighted by atomic mass is 10.0. The standard InChI is InChI=1S/C44H49ClN10O9/c1-43(2,3)63-40(60)36-22-27-21-30(14-16-32(27)55(36)42(62)64-44(4,5)6)47-37(57)35(20-26-9-12-29(13-10-26)48-41(61)51-17-7-8-31(51)24-56)53-19-18-52(38(58)39(53)59)34-23-28(45)11-15-33(34)54-25-46-49-50-54/h9-16,21-23,25,31,35,56H,7-8,17-20,24H2,1-6H3,(H,47,57)(H,48,61)/t31-,35-/m0/s1. The normalized spacial score (nSPS) is 16.2. The van der Waals surface area contributed by atoms with Gasteiger partial charge in [-0.15, -0.1) is 5.10 Å². The zero-order chi connectivity index (χ0) is 46.1. The number of aliphatic hydroxyl groups is 1. The van der Waals surface area contributed by atoms with Crippen molar-refractivity contribution in [2.24, 2.45) is 0 Å². The highest BCUT2D eigenvalue weighted by Gasteiger charge is 2.41. The van der Waals surface area contributed by atoms with Crippen LogP contribution >= 0.6 is 11.6 Å². The number of carbonyl (C=O) groups is 6. The van der Waals surface area contributed by atoms with Gasteiger partial charge in [-0.05, 0) is 125 Å². The van der Waals surface area contributed by atoms with Crippen LogP contribution in [0.4, 0.5) is 26.7 Å². The highest BCUT2D eigenvalue weighted by atomic mass is 35.5. The quantitative estimate of drug-likeness (QED) is 0.118. The van der Waals surface area contributed by atoms with Crippen molar-refractivity contribution in [1.82, 2.24) is 34.6 Å². The highest BCUT2D eigenvalue weighted by Crippen LogP contribution is 2.31. The second-order valence-corrected chi connectivity index (χ2v) is 17.9. The number of rotatable bonds is 10. The van der Waals surface area contributed by atoms with Crippen LogP contribution in [0.2, 0.25) is 5.02 Å². The molecule has 0 aliphatic carbocycles. The maximum Gasteiger partial charge on any atom is 0.419 e. The number of halogens is 1. The summed E-state index contributed by atoms with van der Waals surface area (Å²) in [6.07, 6.45) is 2.00. The van der Waals surface area contributed by atoms with E-state index in [4.69, 9.17) is 21.1 Å². The second-order valence-electron chi connectivity index (χ2n) is 17.5. The summed E-state index contributed by atoms with van der Waals surface area (Å²) in [6.45, 7) is 10.5. The fourth-order valence-corrected chi connectivity index (χ4v) is 7.80. The molecule has 2 aliphatic rings. The first-order chi connectivity index (χ1) is 30.3. The zero-order valence-electron chi connectivity index (χ0n) is 36.2. The monoisotopic (exact) mass is 896 g/mol. The molecule has 2 fully saturated rings. The van der Waals surface area contributed by atoms with Gasteiger partial charge in [-0.2, -0.15) is 4.68 Å². The molecule has 0 saturated carbocycles. The Morgan fingerprint density at radius 2 is 1.56 bits per heavy atom. The van der Waals surface area contributed by atoms with Gasteiger partial charge in [-0.1, -0.05) is 23.7 Å². The minimum Gasteiger partial charge on any atom is -0.455 e. The van der Waals surface area contributed by atoms with Crippen LogP contribution in [0.25, 0.3) is 16.6 Å². The summed E-state index contributed by atoms with van der Waals surface area (Å²) >= 11 is 6.35. The molecule has 0 spiro atoms. The van der Waals surface area contributed by atoms with Gasteiger partial charge in [-0.25, -0.2) is 19.0 Å². The third-order valence-corrected chi connectivity index (χ3v) is 10.7. The van der Waals surface area contributed by atoms with Crippen LogP contribution < -0.4 is 15.5 Å². The summed E-state index contributed by atoms with van der Waals surface area (Å²) in [4.78, 5) is 86.7. The number of nitrogens with zero attached hydrogens (tertiary/aromatic N) is 8. The molecule has 0 radical (unpaired) electrons. The number of anilines is 3. The number of benzene rings is 3. The van der Waals surface area contributed by atoms with Gasteiger partial charge in [-0.3, -0.25) is 14.4 Å². The number of tetrazole rings is 1. The number of hydrogen-bond acceptors (Lipinski definition) is 12. The number of fused-ring (bicyclic) bond motifs is 1. The van der Waals surface area contributed by atoms with Crippen LogP contribution in [0, 0.1) is 0 Å². The number of urea groups is 1. The van der Waals surface area contributed by atoms with Crippen molar-refractivity contribution in [2.75, 3.05) is 41.8 Å². The molecule has 5 aromatic rings. The molecule has 64 heavy (non-hydrogen) atoms. The van der Waals surface area contributed by atoms with E-state index >= 15 is 0 Å². The maximum absolute atomic E-state index is 14.5. The third kappa shape index (κ3) is 10.00. The van der Waals surface area contributed by atoms with Crippen LogP contribution in [0.15, 0.2) is 73.1 Å². The van der Waals surface area contributed by atoms with Crippen molar-refractivity contribution >= 4 is 75.4 Å².